The number of nitrogens with one attached hydrogen (secondary N) is 2. The lowest BCUT2D eigenvalue weighted by molar-refractivity contribution is -0.115. The van der Waals surface area contributed by atoms with Gasteiger partial charge in [-0.05, 0) is 37.0 Å². The van der Waals surface area contributed by atoms with Crippen molar-refractivity contribution in [1.29, 1.82) is 0 Å². The number of carbonyl (C=O) groups is 2. The van der Waals surface area contributed by atoms with E-state index in [1.54, 1.807) is 30.3 Å². The molecule has 1 unspecified atom stereocenters. The van der Waals surface area contributed by atoms with Crippen molar-refractivity contribution in [1.82, 2.24) is 15.3 Å². The van der Waals surface area contributed by atoms with Gasteiger partial charge in [-0.1, -0.05) is 12.1 Å². The van der Waals surface area contributed by atoms with Crippen LogP contribution in [0.3, 0.4) is 0 Å². The molecule has 2 amide bonds. The molecule has 128 valence electrons. The van der Waals surface area contributed by atoms with Crippen molar-refractivity contribution in [3.63, 3.8) is 0 Å². The molecule has 0 aliphatic carbocycles. The number of nitrogens with zero attached hydrogens (tertiary/aromatic N) is 2. The van der Waals surface area contributed by atoms with Gasteiger partial charge >= 0.3 is 0 Å². The molecule has 3 rings (SSSR count). The summed E-state index contributed by atoms with van der Waals surface area (Å²) in [4.78, 5) is 30.2. The smallest absolute Gasteiger partial charge is 0.253 e. The number of aliphatic hydroxyl groups is 1. The van der Waals surface area contributed by atoms with E-state index in [1.807, 2.05) is 6.92 Å². The van der Waals surface area contributed by atoms with E-state index >= 15 is 0 Å². The summed E-state index contributed by atoms with van der Waals surface area (Å²) in [5.41, 5.74) is 7.49. The lowest BCUT2D eigenvalue weighted by atomic mass is 10.2. The second-order valence-electron chi connectivity index (χ2n) is 5.04. The molecule has 1 aliphatic rings. The summed E-state index contributed by atoms with van der Waals surface area (Å²) in [6, 6.07) is 8.64. The number of amides is 2. The molecule has 0 radical (unpaired) electrons. The molecule has 25 heavy (non-hydrogen) atoms. The maximum Gasteiger partial charge on any atom is 0.253 e. The fourth-order valence-electron chi connectivity index (χ4n) is 1.91. The third kappa shape index (κ3) is 5.69. The van der Waals surface area contributed by atoms with Gasteiger partial charge in [-0.3, -0.25) is 15.3 Å². The van der Waals surface area contributed by atoms with Gasteiger partial charge in [0.2, 0.25) is 5.91 Å². The number of aryl methyl sites for hydroxylation is 1. The number of hydrogen-bond donors (Lipinski definition) is 4. The molecular weight excluding hydrogens is 322 g/mol. The number of benzene rings is 1. The van der Waals surface area contributed by atoms with Crippen molar-refractivity contribution in [2.24, 2.45) is 5.73 Å². The monoisotopic (exact) mass is 339 g/mol. The standard InChI is InChI=1S/C9H8N2O2.C8H9N3O/c12-8-5-10-9(13)6-3-1-2-4-7(6)11-8;1-6-4-7(11-5-10-6)2-3-8(9)12/h1-4H,5H2,(H,10,13)(H,11,12);4-5,8,12H,9H2,1H3. The average Bonchev–Trinajstić information content (AvgIpc) is 2.73. The number of carbonyl (C=O) groups excluding carboxylic acids is 2. The topological polar surface area (TPSA) is 130 Å². The Morgan fingerprint density at radius 1 is 1.28 bits per heavy atom. The molecule has 0 bridgehead atoms. The van der Waals surface area contributed by atoms with Crippen LogP contribution >= 0.6 is 0 Å². The van der Waals surface area contributed by atoms with Crippen molar-refractivity contribution >= 4 is 17.5 Å². The Kier molecular flexibility index (Phi) is 6.17. The minimum Gasteiger partial charge on any atom is -0.368 e. The summed E-state index contributed by atoms with van der Waals surface area (Å²) in [5, 5.41) is 13.8. The van der Waals surface area contributed by atoms with Crippen LogP contribution in [0, 0.1) is 18.8 Å². The van der Waals surface area contributed by atoms with E-state index in [0.717, 1.165) is 5.69 Å². The number of aromatic nitrogens is 2. The van der Waals surface area contributed by atoms with Crippen LogP contribution in [0.5, 0.6) is 0 Å². The summed E-state index contributed by atoms with van der Waals surface area (Å²) >= 11 is 0. The molecule has 5 N–H and O–H groups in total. The van der Waals surface area contributed by atoms with E-state index in [4.69, 9.17) is 10.8 Å². The average molecular weight is 339 g/mol. The Morgan fingerprint density at radius 2 is 2.04 bits per heavy atom. The number of anilines is 1. The van der Waals surface area contributed by atoms with Gasteiger partial charge in [0.15, 0.2) is 6.23 Å². The molecule has 0 saturated heterocycles. The molecule has 8 nitrogen and oxygen atoms in total. The highest BCUT2D eigenvalue weighted by Gasteiger charge is 2.17. The van der Waals surface area contributed by atoms with E-state index in [-0.39, 0.29) is 18.4 Å². The summed E-state index contributed by atoms with van der Waals surface area (Å²) in [6.07, 6.45) is 0.308. The number of rotatable bonds is 0. The second-order valence-corrected chi connectivity index (χ2v) is 5.04. The molecule has 0 spiro atoms. The largest absolute Gasteiger partial charge is 0.368 e. The highest BCUT2D eigenvalue weighted by atomic mass is 16.3. The molecule has 2 aromatic rings. The maximum absolute atomic E-state index is 11.3. The van der Waals surface area contributed by atoms with Crippen LogP contribution in [0.2, 0.25) is 0 Å². The van der Waals surface area contributed by atoms with Crippen LogP contribution in [-0.2, 0) is 4.79 Å². The van der Waals surface area contributed by atoms with Gasteiger partial charge in [0.1, 0.15) is 12.0 Å². The first-order valence-electron chi connectivity index (χ1n) is 7.36. The molecule has 1 aromatic heterocycles. The van der Waals surface area contributed by atoms with Crippen LogP contribution in [-0.4, -0.2) is 39.7 Å². The first kappa shape index (κ1) is 18.1. The third-order valence-corrected chi connectivity index (χ3v) is 3.01. The van der Waals surface area contributed by atoms with Gasteiger partial charge in [-0.15, -0.1) is 0 Å². The van der Waals surface area contributed by atoms with Gasteiger partial charge in [0.05, 0.1) is 17.8 Å². The number of para-hydroxylation sites is 1. The number of nitrogens with two attached hydrogens (primary N) is 1. The lowest BCUT2D eigenvalue weighted by Crippen LogP contribution is -2.28. The van der Waals surface area contributed by atoms with Gasteiger partial charge in [-0.2, -0.15) is 0 Å². The molecule has 2 heterocycles. The highest BCUT2D eigenvalue weighted by Crippen LogP contribution is 2.15. The van der Waals surface area contributed by atoms with E-state index < -0.39 is 6.23 Å². The van der Waals surface area contributed by atoms with E-state index in [9.17, 15) is 9.59 Å². The molecule has 0 fully saturated rings. The summed E-state index contributed by atoms with van der Waals surface area (Å²) in [5.74, 6) is 4.58. The summed E-state index contributed by atoms with van der Waals surface area (Å²) < 4.78 is 0. The van der Waals surface area contributed by atoms with Crippen molar-refractivity contribution in [3.05, 3.63) is 53.6 Å². The van der Waals surface area contributed by atoms with E-state index in [1.165, 1.54) is 6.33 Å². The zero-order valence-corrected chi connectivity index (χ0v) is 13.5. The fourth-order valence-corrected chi connectivity index (χ4v) is 1.91. The van der Waals surface area contributed by atoms with Crippen molar-refractivity contribution < 1.29 is 14.7 Å². The summed E-state index contributed by atoms with van der Waals surface area (Å²) in [6.45, 7) is 1.87. The van der Waals surface area contributed by atoms with Gasteiger partial charge in [0.25, 0.3) is 5.91 Å². The Balaban J connectivity index is 0.000000181. The minimum atomic E-state index is -1.11. The zero-order valence-electron chi connectivity index (χ0n) is 13.5. The van der Waals surface area contributed by atoms with Gasteiger partial charge in [0, 0.05) is 5.69 Å². The van der Waals surface area contributed by atoms with Crippen LogP contribution in [0.1, 0.15) is 21.7 Å². The number of hydrogen-bond acceptors (Lipinski definition) is 6. The quantitative estimate of drug-likeness (QED) is 0.388. The predicted molar refractivity (Wildman–Crippen MR) is 91.2 cm³/mol. The molecule has 1 aromatic carbocycles. The highest BCUT2D eigenvalue weighted by molar-refractivity contribution is 6.08. The van der Waals surface area contributed by atoms with E-state index in [0.29, 0.717) is 16.9 Å². The maximum atomic E-state index is 11.3. The zero-order chi connectivity index (χ0) is 18.2. The Labute approximate surface area is 144 Å². The van der Waals surface area contributed by atoms with Gasteiger partial charge in [-0.25, -0.2) is 9.97 Å². The number of fused-ring (bicyclic) bond motifs is 1. The number of aliphatic hydroxyl groups excluding tert-OH is 1. The molecule has 0 saturated carbocycles. The van der Waals surface area contributed by atoms with Crippen molar-refractivity contribution in [3.8, 4) is 11.8 Å². The third-order valence-electron chi connectivity index (χ3n) is 3.01. The van der Waals surface area contributed by atoms with Crippen LogP contribution in [0.4, 0.5) is 5.69 Å². The van der Waals surface area contributed by atoms with Crippen molar-refractivity contribution in [2.45, 2.75) is 13.2 Å². The van der Waals surface area contributed by atoms with Crippen molar-refractivity contribution in [2.75, 3.05) is 11.9 Å². The van der Waals surface area contributed by atoms with Crippen LogP contribution in [0.25, 0.3) is 0 Å². The predicted octanol–water partition coefficient (Wildman–Crippen LogP) is -0.218. The second kappa shape index (κ2) is 8.54. The van der Waals surface area contributed by atoms with E-state index in [2.05, 4.69) is 32.4 Å². The Bertz CT molecular complexity index is 839. The summed E-state index contributed by atoms with van der Waals surface area (Å²) in [7, 11) is 0. The SMILES string of the molecule is Cc1cc(C#CC(N)O)ncn1.O=C1CNC(=O)c2ccccc2N1. The first-order valence-corrected chi connectivity index (χ1v) is 7.36. The molecule has 1 atom stereocenters. The lowest BCUT2D eigenvalue weighted by Gasteiger charge is -2.02. The first-order chi connectivity index (χ1) is 12.0. The Hall–Kier alpha value is -3.28. The van der Waals surface area contributed by atoms with Crippen LogP contribution in [0.15, 0.2) is 36.7 Å². The molecular formula is C17H17N5O3. The van der Waals surface area contributed by atoms with Gasteiger partial charge < -0.3 is 15.7 Å². The molecule has 8 heteroatoms. The normalized spacial score (nSPS) is 13.6. The Morgan fingerprint density at radius 3 is 2.76 bits per heavy atom. The minimum absolute atomic E-state index is 0.0352. The fraction of sp³-hybridized carbons (Fsp3) is 0.176. The van der Waals surface area contributed by atoms with Crippen LogP contribution < -0.4 is 16.4 Å². The molecule has 1 aliphatic heterocycles.